The fourth-order valence-electron chi connectivity index (χ4n) is 2.47. The first kappa shape index (κ1) is 20.6. The minimum absolute atomic E-state index is 0.00630. The molecule has 7 nitrogen and oxygen atoms in total. The molecule has 1 aromatic heterocycles. The summed E-state index contributed by atoms with van der Waals surface area (Å²) in [6, 6.07) is 6.52. The van der Waals surface area contributed by atoms with Crippen LogP contribution in [0, 0.1) is 12.8 Å². The quantitative estimate of drug-likeness (QED) is 0.642. The summed E-state index contributed by atoms with van der Waals surface area (Å²) in [6.45, 7) is 5.94. The lowest BCUT2D eigenvalue weighted by Gasteiger charge is -2.21. The van der Waals surface area contributed by atoms with Crippen molar-refractivity contribution in [2.24, 2.45) is 5.92 Å². The molecular weight excluding hydrogens is 366 g/mol. The lowest BCUT2D eigenvalue weighted by Crippen LogP contribution is -2.50. The average Bonchev–Trinajstić information content (AvgIpc) is 3.08. The number of hydrogen-bond acceptors (Lipinski definition) is 5. The zero-order valence-corrected chi connectivity index (χ0v) is 16.3. The molecule has 0 saturated heterocycles. The zero-order chi connectivity index (χ0) is 20.0. The van der Waals surface area contributed by atoms with Gasteiger partial charge in [-0.2, -0.15) is 0 Å². The predicted octanol–water partition coefficient (Wildman–Crippen LogP) is 2.26. The third-order valence-electron chi connectivity index (χ3n) is 3.92. The maximum absolute atomic E-state index is 12.5. The smallest absolute Gasteiger partial charge is 0.355 e. The standard InChI is InChI=1S/C19H23N3O4S/c1-11(2)16(22-17(23)13-6-4-5-12(3)9-13)18(24)20-8-7-15-21-14(10-27-15)19(25)26/h4-6,9-11,16H,7-8H2,1-3H3,(H,20,24)(H,22,23)(H,25,26). The van der Waals surface area contributed by atoms with Gasteiger partial charge in [-0.1, -0.05) is 31.5 Å². The van der Waals surface area contributed by atoms with Crippen LogP contribution in [0.25, 0.3) is 0 Å². The number of rotatable bonds is 8. The Kier molecular flexibility index (Phi) is 7.06. The Bertz CT molecular complexity index is 832. The number of nitrogens with one attached hydrogen (secondary N) is 2. The first-order chi connectivity index (χ1) is 12.8. The van der Waals surface area contributed by atoms with E-state index in [2.05, 4.69) is 15.6 Å². The number of thiazole rings is 1. The molecule has 2 aromatic rings. The SMILES string of the molecule is Cc1cccc(C(=O)NC(C(=O)NCCc2nc(C(=O)O)cs2)C(C)C)c1. The number of nitrogens with zero attached hydrogens (tertiary/aromatic N) is 1. The number of hydrogen-bond donors (Lipinski definition) is 3. The van der Waals surface area contributed by atoms with E-state index in [1.807, 2.05) is 26.8 Å². The molecule has 0 bridgehead atoms. The van der Waals surface area contributed by atoms with E-state index >= 15 is 0 Å². The van der Waals surface area contributed by atoms with Crippen LogP contribution < -0.4 is 10.6 Å². The van der Waals surface area contributed by atoms with Gasteiger partial charge in [0.1, 0.15) is 6.04 Å². The number of benzene rings is 1. The summed E-state index contributed by atoms with van der Waals surface area (Å²) in [5, 5.41) is 16.6. The van der Waals surface area contributed by atoms with E-state index < -0.39 is 12.0 Å². The molecule has 0 aliphatic rings. The molecule has 2 amide bonds. The third kappa shape index (κ3) is 5.89. The van der Waals surface area contributed by atoms with Crippen molar-refractivity contribution >= 4 is 29.1 Å². The summed E-state index contributed by atoms with van der Waals surface area (Å²) in [7, 11) is 0. The maximum atomic E-state index is 12.5. The zero-order valence-electron chi connectivity index (χ0n) is 15.5. The Morgan fingerprint density at radius 1 is 1.26 bits per heavy atom. The van der Waals surface area contributed by atoms with Crippen molar-refractivity contribution in [3.63, 3.8) is 0 Å². The van der Waals surface area contributed by atoms with Gasteiger partial charge >= 0.3 is 5.97 Å². The molecule has 0 fully saturated rings. The van der Waals surface area contributed by atoms with E-state index in [9.17, 15) is 14.4 Å². The molecule has 3 N–H and O–H groups in total. The minimum Gasteiger partial charge on any atom is -0.476 e. The normalized spacial score (nSPS) is 11.9. The number of carbonyl (C=O) groups excluding carboxylic acids is 2. The highest BCUT2D eigenvalue weighted by atomic mass is 32.1. The number of aryl methyl sites for hydroxylation is 1. The second kappa shape index (κ2) is 9.27. The molecule has 1 unspecified atom stereocenters. The predicted molar refractivity (Wildman–Crippen MR) is 103 cm³/mol. The van der Waals surface area contributed by atoms with Crippen LogP contribution in [0.5, 0.6) is 0 Å². The summed E-state index contributed by atoms with van der Waals surface area (Å²) in [5.74, 6) is -1.72. The Balaban J connectivity index is 1.92. The van der Waals surface area contributed by atoms with E-state index in [0.29, 0.717) is 23.5 Å². The largest absolute Gasteiger partial charge is 0.476 e. The summed E-state index contributed by atoms with van der Waals surface area (Å²) in [5.41, 5.74) is 1.49. The minimum atomic E-state index is -1.07. The summed E-state index contributed by atoms with van der Waals surface area (Å²) in [4.78, 5) is 39.7. The Labute approximate surface area is 161 Å². The molecule has 8 heteroatoms. The van der Waals surface area contributed by atoms with Gasteiger partial charge in [0.25, 0.3) is 5.91 Å². The molecule has 0 spiro atoms. The molecule has 27 heavy (non-hydrogen) atoms. The van der Waals surface area contributed by atoms with Crippen LogP contribution in [0.15, 0.2) is 29.6 Å². The van der Waals surface area contributed by atoms with E-state index in [-0.39, 0.29) is 23.4 Å². The van der Waals surface area contributed by atoms with Gasteiger partial charge in [-0.3, -0.25) is 9.59 Å². The molecule has 0 radical (unpaired) electrons. The van der Waals surface area contributed by atoms with Crippen molar-refractivity contribution in [1.82, 2.24) is 15.6 Å². The lowest BCUT2D eigenvalue weighted by atomic mass is 10.0. The molecule has 0 aliphatic carbocycles. The number of aromatic carboxylic acids is 1. The number of carboxylic acid groups (broad SMARTS) is 1. The first-order valence-electron chi connectivity index (χ1n) is 8.61. The highest BCUT2D eigenvalue weighted by Crippen LogP contribution is 2.10. The summed E-state index contributed by atoms with van der Waals surface area (Å²) >= 11 is 1.24. The summed E-state index contributed by atoms with van der Waals surface area (Å²) < 4.78 is 0. The maximum Gasteiger partial charge on any atom is 0.355 e. The van der Waals surface area contributed by atoms with E-state index in [4.69, 9.17) is 5.11 Å². The van der Waals surface area contributed by atoms with Gasteiger partial charge in [-0.25, -0.2) is 9.78 Å². The van der Waals surface area contributed by atoms with Gasteiger partial charge in [-0.05, 0) is 25.0 Å². The van der Waals surface area contributed by atoms with Crippen LogP contribution in [0.1, 0.15) is 45.3 Å². The van der Waals surface area contributed by atoms with Crippen LogP contribution in [0.2, 0.25) is 0 Å². The highest BCUT2D eigenvalue weighted by Gasteiger charge is 2.24. The van der Waals surface area contributed by atoms with Crippen molar-refractivity contribution in [3.05, 3.63) is 51.5 Å². The van der Waals surface area contributed by atoms with Crippen molar-refractivity contribution in [2.45, 2.75) is 33.2 Å². The van der Waals surface area contributed by atoms with Crippen molar-refractivity contribution in [2.75, 3.05) is 6.54 Å². The Hall–Kier alpha value is -2.74. The van der Waals surface area contributed by atoms with Crippen LogP contribution in [-0.4, -0.2) is 40.5 Å². The number of carbonyl (C=O) groups is 3. The third-order valence-corrected chi connectivity index (χ3v) is 4.83. The molecule has 2 rings (SSSR count). The fraction of sp³-hybridized carbons (Fsp3) is 0.368. The van der Waals surface area contributed by atoms with Gasteiger partial charge in [-0.15, -0.1) is 11.3 Å². The molecule has 144 valence electrons. The van der Waals surface area contributed by atoms with Crippen molar-refractivity contribution in [1.29, 1.82) is 0 Å². The van der Waals surface area contributed by atoms with E-state index in [1.54, 1.807) is 18.2 Å². The van der Waals surface area contributed by atoms with Crippen LogP contribution in [0.3, 0.4) is 0 Å². The summed E-state index contributed by atoms with van der Waals surface area (Å²) in [6.07, 6.45) is 0.431. The van der Waals surface area contributed by atoms with Gasteiger partial charge in [0, 0.05) is 23.9 Å². The second-order valence-corrected chi connectivity index (χ2v) is 7.48. The Morgan fingerprint density at radius 3 is 2.59 bits per heavy atom. The van der Waals surface area contributed by atoms with Crippen molar-refractivity contribution in [3.8, 4) is 0 Å². The lowest BCUT2D eigenvalue weighted by molar-refractivity contribution is -0.123. The molecule has 1 atom stereocenters. The van der Waals surface area contributed by atoms with Gasteiger partial charge in [0.2, 0.25) is 5.91 Å². The number of amides is 2. The highest BCUT2D eigenvalue weighted by molar-refractivity contribution is 7.09. The molecular formula is C19H23N3O4S. The number of aromatic nitrogens is 1. The van der Waals surface area contributed by atoms with Crippen LogP contribution >= 0.6 is 11.3 Å². The average molecular weight is 389 g/mol. The second-order valence-electron chi connectivity index (χ2n) is 6.54. The fourth-order valence-corrected chi connectivity index (χ4v) is 3.24. The topological polar surface area (TPSA) is 108 Å². The molecule has 0 aliphatic heterocycles. The van der Waals surface area contributed by atoms with Gasteiger partial charge in [0.15, 0.2) is 5.69 Å². The number of carboxylic acids is 1. The van der Waals surface area contributed by atoms with Gasteiger partial charge in [0.05, 0.1) is 5.01 Å². The molecule has 1 aromatic carbocycles. The Morgan fingerprint density at radius 2 is 2.00 bits per heavy atom. The van der Waals surface area contributed by atoms with Gasteiger partial charge < -0.3 is 15.7 Å². The molecule has 0 saturated carbocycles. The van der Waals surface area contributed by atoms with Crippen LogP contribution in [-0.2, 0) is 11.2 Å². The first-order valence-corrected chi connectivity index (χ1v) is 9.49. The van der Waals surface area contributed by atoms with E-state index in [1.165, 1.54) is 16.7 Å². The van der Waals surface area contributed by atoms with Crippen molar-refractivity contribution < 1.29 is 19.5 Å². The van der Waals surface area contributed by atoms with E-state index in [0.717, 1.165) is 5.56 Å². The monoisotopic (exact) mass is 389 g/mol. The molecule has 1 heterocycles. The van der Waals surface area contributed by atoms with Crippen LogP contribution in [0.4, 0.5) is 0 Å².